The largest absolute Gasteiger partial charge is 0.368 e. The molecule has 124 valence electrons. The number of aromatic nitrogens is 3. The van der Waals surface area contributed by atoms with Crippen LogP contribution in [0.25, 0.3) is 10.9 Å². The number of hydrogen-bond donors (Lipinski definition) is 2. The van der Waals surface area contributed by atoms with Crippen LogP contribution in [0.15, 0.2) is 42.7 Å². The molecule has 1 aliphatic rings. The van der Waals surface area contributed by atoms with Crippen LogP contribution >= 0.6 is 0 Å². The summed E-state index contributed by atoms with van der Waals surface area (Å²) in [5.41, 5.74) is 9.44. The molecule has 0 unspecified atom stereocenters. The molecule has 1 saturated heterocycles. The first-order chi connectivity index (χ1) is 11.8. The Morgan fingerprint density at radius 3 is 2.83 bits per heavy atom. The molecule has 4 rings (SSSR count). The fourth-order valence-electron chi connectivity index (χ4n) is 3.69. The molecule has 0 radical (unpaired) electrons. The minimum Gasteiger partial charge on any atom is -0.368 e. The Bertz CT molecular complexity index is 817. The van der Waals surface area contributed by atoms with E-state index in [0.717, 1.165) is 44.6 Å². The maximum absolute atomic E-state index is 5.70. The van der Waals surface area contributed by atoms with Gasteiger partial charge in [0.15, 0.2) is 0 Å². The monoisotopic (exact) mass is 321 g/mol. The lowest BCUT2D eigenvalue weighted by Crippen LogP contribution is -2.34. The summed E-state index contributed by atoms with van der Waals surface area (Å²) in [6, 6.07) is 10.5. The number of likely N-dealkylation sites (tertiary alicyclic amines) is 1. The van der Waals surface area contributed by atoms with Crippen LogP contribution in [-0.2, 0) is 6.42 Å². The number of anilines is 1. The first-order valence-corrected chi connectivity index (χ1v) is 8.65. The van der Waals surface area contributed by atoms with E-state index in [2.05, 4.69) is 50.3 Å². The second-order valence-corrected chi connectivity index (χ2v) is 6.57. The van der Waals surface area contributed by atoms with Gasteiger partial charge in [-0.25, -0.2) is 9.97 Å². The summed E-state index contributed by atoms with van der Waals surface area (Å²) >= 11 is 0. The van der Waals surface area contributed by atoms with Crippen LogP contribution in [-0.4, -0.2) is 39.5 Å². The molecule has 3 aromatic rings. The Balaban J connectivity index is 1.33. The van der Waals surface area contributed by atoms with Crippen molar-refractivity contribution in [2.45, 2.75) is 25.2 Å². The lowest BCUT2D eigenvalue weighted by molar-refractivity contribution is 0.213. The highest BCUT2D eigenvalue weighted by molar-refractivity contribution is 5.83. The minimum absolute atomic E-state index is 0.384. The van der Waals surface area contributed by atoms with Crippen molar-refractivity contribution in [3.8, 4) is 0 Å². The molecule has 0 atom stereocenters. The molecule has 0 aliphatic carbocycles. The zero-order chi connectivity index (χ0) is 16.4. The van der Waals surface area contributed by atoms with E-state index in [4.69, 9.17) is 5.73 Å². The van der Waals surface area contributed by atoms with E-state index in [9.17, 15) is 0 Å². The number of fused-ring (bicyclic) bond motifs is 1. The molecule has 3 N–H and O–H groups in total. The summed E-state index contributed by atoms with van der Waals surface area (Å²) in [5, 5.41) is 1.35. The lowest BCUT2D eigenvalue weighted by Gasteiger charge is -2.31. The predicted octanol–water partition coefficient (Wildman–Crippen LogP) is 2.96. The molecule has 2 aromatic heterocycles. The average molecular weight is 321 g/mol. The number of hydrogen-bond acceptors (Lipinski definition) is 4. The van der Waals surface area contributed by atoms with Gasteiger partial charge in [-0.3, -0.25) is 0 Å². The van der Waals surface area contributed by atoms with E-state index in [1.165, 1.54) is 16.5 Å². The molecule has 0 spiro atoms. The second-order valence-electron chi connectivity index (χ2n) is 6.57. The van der Waals surface area contributed by atoms with E-state index in [1.54, 1.807) is 6.20 Å². The lowest BCUT2D eigenvalue weighted by atomic mass is 9.93. The van der Waals surface area contributed by atoms with Gasteiger partial charge in [-0.2, -0.15) is 0 Å². The third kappa shape index (κ3) is 3.12. The Hall–Kier alpha value is -2.40. The number of rotatable bonds is 4. The van der Waals surface area contributed by atoms with Gasteiger partial charge in [-0.1, -0.05) is 18.2 Å². The molecule has 5 nitrogen and oxygen atoms in total. The van der Waals surface area contributed by atoms with Crippen molar-refractivity contribution >= 4 is 16.9 Å². The van der Waals surface area contributed by atoms with Crippen molar-refractivity contribution < 1.29 is 0 Å². The van der Waals surface area contributed by atoms with Crippen LogP contribution < -0.4 is 5.73 Å². The molecule has 0 amide bonds. The summed E-state index contributed by atoms with van der Waals surface area (Å²) < 4.78 is 0. The number of nitrogens with one attached hydrogen (secondary N) is 1. The highest BCUT2D eigenvalue weighted by Gasteiger charge is 2.21. The van der Waals surface area contributed by atoms with Gasteiger partial charge in [-0.05, 0) is 50.0 Å². The molecule has 0 bridgehead atoms. The van der Waals surface area contributed by atoms with E-state index >= 15 is 0 Å². The van der Waals surface area contributed by atoms with Crippen LogP contribution in [0.2, 0.25) is 0 Å². The molecular weight excluding hydrogens is 298 g/mol. The Labute approximate surface area is 141 Å². The van der Waals surface area contributed by atoms with Crippen molar-refractivity contribution in [3.63, 3.8) is 0 Å². The molecular formula is C19H23N5. The van der Waals surface area contributed by atoms with Gasteiger partial charge in [0.05, 0.1) is 0 Å². The zero-order valence-corrected chi connectivity index (χ0v) is 13.8. The number of benzene rings is 1. The molecule has 1 aromatic carbocycles. The first-order valence-electron chi connectivity index (χ1n) is 8.65. The Kier molecular flexibility index (Phi) is 4.17. The average Bonchev–Trinajstić information content (AvgIpc) is 3.04. The summed E-state index contributed by atoms with van der Waals surface area (Å²) in [5.74, 6) is 0.897. The maximum Gasteiger partial charge on any atom is 0.220 e. The fourth-order valence-corrected chi connectivity index (χ4v) is 3.69. The standard InChI is InChI=1S/C19H23N5/c20-19-21-9-5-17(23-19)14-6-10-24(11-7-14)12-8-15-13-22-18-4-2-1-3-16(15)18/h1-5,9,13-14,22H,6-8,10-12H2,(H2,20,21,23). The summed E-state index contributed by atoms with van der Waals surface area (Å²) in [6.45, 7) is 3.36. The topological polar surface area (TPSA) is 70.8 Å². The second kappa shape index (κ2) is 6.61. The van der Waals surface area contributed by atoms with E-state index in [0.29, 0.717) is 11.9 Å². The smallest absolute Gasteiger partial charge is 0.220 e. The number of para-hydroxylation sites is 1. The maximum atomic E-state index is 5.70. The van der Waals surface area contributed by atoms with E-state index in [-0.39, 0.29) is 0 Å². The van der Waals surface area contributed by atoms with Gasteiger partial charge in [0.2, 0.25) is 5.95 Å². The molecule has 1 aliphatic heterocycles. The highest BCUT2D eigenvalue weighted by atomic mass is 15.1. The fraction of sp³-hybridized carbons (Fsp3) is 0.368. The van der Waals surface area contributed by atoms with Crippen LogP contribution in [0.3, 0.4) is 0 Å². The van der Waals surface area contributed by atoms with Gasteiger partial charge >= 0.3 is 0 Å². The molecule has 24 heavy (non-hydrogen) atoms. The molecule has 3 heterocycles. The third-order valence-electron chi connectivity index (χ3n) is 5.07. The SMILES string of the molecule is Nc1nccc(C2CCN(CCc3c[nH]c4ccccc34)CC2)n1. The third-order valence-corrected chi connectivity index (χ3v) is 5.07. The van der Waals surface area contributed by atoms with E-state index < -0.39 is 0 Å². The molecule has 5 heteroatoms. The first kappa shape index (κ1) is 15.1. The zero-order valence-electron chi connectivity index (χ0n) is 13.8. The molecule has 1 fully saturated rings. The van der Waals surface area contributed by atoms with Crippen molar-refractivity contribution in [2.75, 3.05) is 25.4 Å². The van der Waals surface area contributed by atoms with Gasteiger partial charge < -0.3 is 15.6 Å². The van der Waals surface area contributed by atoms with Crippen molar-refractivity contribution in [1.29, 1.82) is 0 Å². The highest BCUT2D eigenvalue weighted by Crippen LogP contribution is 2.27. The summed E-state index contributed by atoms with van der Waals surface area (Å²) in [7, 11) is 0. The number of H-pyrrole nitrogens is 1. The number of piperidine rings is 1. The summed E-state index contributed by atoms with van der Waals surface area (Å²) in [4.78, 5) is 14.3. The number of nitrogen functional groups attached to an aromatic ring is 1. The van der Waals surface area contributed by atoms with Crippen LogP contribution in [0.4, 0.5) is 5.95 Å². The van der Waals surface area contributed by atoms with Crippen LogP contribution in [0, 0.1) is 0 Å². The van der Waals surface area contributed by atoms with E-state index in [1.807, 2.05) is 6.07 Å². The van der Waals surface area contributed by atoms with Crippen LogP contribution in [0.5, 0.6) is 0 Å². The van der Waals surface area contributed by atoms with Gasteiger partial charge in [0, 0.05) is 41.5 Å². The van der Waals surface area contributed by atoms with Gasteiger partial charge in [0.1, 0.15) is 0 Å². The molecule has 0 saturated carbocycles. The van der Waals surface area contributed by atoms with Gasteiger partial charge in [0.25, 0.3) is 0 Å². The number of nitrogens with zero attached hydrogens (tertiary/aromatic N) is 3. The Morgan fingerprint density at radius 2 is 2.00 bits per heavy atom. The predicted molar refractivity (Wildman–Crippen MR) is 96.9 cm³/mol. The quantitative estimate of drug-likeness (QED) is 0.775. The number of aromatic amines is 1. The number of nitrogens with two attached hydrogens (primary N) is 1. The van der Waals surface area contributed by atoms with Crippen molar-refractivity contribution in [3.05, 3.63) is 54.0 Å². The normalized spacial score (nSPS) is 16.7. The van der Waals surface area contributed by atoms with Gasteiger partial charge in [-0.15, -0.1) is 0 Å². The van der Waals surface area contributed by atoms with Crippen LogP contribution in [0.1, 0.15) is 30.0 Å². The van der Waals surface area contributed by atoms with Crippen molar-refractivity contribution in [1.82, 2.24) is 19.9 Å². The van der Waals surface area contributed by atoms with Crippen molar-refractivity contribution in [2.24, 2.45) is 0 Å². The summed E-state index contributed by atoms with van der Waals surface area (Å²) in [6.07, 6.45) is 7.30. The Morgan fingerprint density at radius 1 is 1.17 bits per heavy atom. The minimum atomic E-state index is 0.384.